The molecular formula is C9H8N4O2. The second kappa shape index (κ2) is 3.41. The summed E-state index contributed by atoms with van der Waals surface area (Å²) in [6, 6.07) is 7.22. The number of amides is 2. The Morgan fingerprint density at radius 3 is 2.80 bits per heavy atom. The van der Waals surface area contributed by atoms with Gasteiger partial charge in [-0.15, -0.1) is 0 Å². The molecule has 1 aromatic carbocycles. The number of nitrogens with one attached hydrogen (secondary N) is 2. The third kappa shape index (κ3) is 1.64. The zero-order valence-electron chi connectivity index (χ0n) is 7.65. The van der Waals surface area contributed by atoms with Crippen molar-refractivity contribution in [2.24, 2.45) is 5.73 Å². The highest BCUT2D eigenvalue weighted by atomic mass is 16.2. The van der Waals surface area contributed by atoms with Gasteiger partial charge in [-0.3, -0.25) is 14.7 Å². The number of anilines is 1. The topological polar surface area (TPSA) is 101 Å². The largest absolute Gasteiger partial charge is 0.361 e. The van der Waals surface area contributed by atoms with Crippen LogP contribution in [0.5, 0.6) is 0 Å². The number of nitrogens with zero attached hydrogens (tertiary/aromatic N) is 1. The molecule has 1 aromatic heterocycles. The highest BCUT2D eigenvalue weighted by Gasteiger charge is 2.12. The summed E-state index contributed by atoms with van der Waals surface area (Å²) in [5, 5.41) is 9.61. The number of nitrogens with two attached hydrogens (primary N) is 1. The molecule has 0 saturated heterocycles. The lowest BCUT2D eigenvalue weighted by Crippen LogP contribution is -2.29. The van der Waals surface area contributed by atoms with Crippen LogP contribution in [0.2, 0.25) is 0 Å². The Bertz CT molecular complexity index is 532. The van der Waals surface area contributed by atoms with Crippen LogP contribution in [0.1, 0.15) is 0 Å². The maximum atomic E-state index is 11.0. The van der Waals surface area contributed by atoms with E-state index in [1.165, 1.54) is 0 Å². The highest BCUT2D eigenvalue weighted by Crippen LogP contribution is 2.18. The molecule has 0 fully saturated rings. The predicted octanol–water partition coefficient (Wildman–Crippen LogP) is -0.0133. The van der Waals surface area contributed by atoms with Crippen LogP contribution >= 0.6 is 0 Å². The number of fused-ring (bicyclic) bond motifs is 1. The van der Waals surface area contributed by atoms with Gasteiger partial charge in [-0.25, -0.2) is 0 Å². The number of hydrogen-bond acceptors (Lipinski definition) is 3. The van der Waals surface area contributed by atoms with Crippen molar-refractivity contribution in [1.82, 2.24) is 10.2 Å². The van der Waals surface area contributed by atoms with Crippen LogP contribution in [0.3, 0.4) is 0 Å². The number of para-hydroxylation sites is 1. The predicted molar refractivity (Wildman–Crippen MR) is 53.9 cm³/mol. The molecule has 2 amide bonds. The van der Waals surface area contributed by atoms with Crippen molar-refractivity contribution >= 4 is 28.5 Å². The Hall–Kier alpha value is -2.37. The van der Waals surface area contributed by atoms with Crippen molar-refractivity contribution < 1.29 is 9.59 Å². The molecule has 6 heteroatoms. The van der Waals surface area contributed by atoms with Crippen LogP contribution in [0.15, 0.2) is 24.3 Å². The average Bonchev–Trinajstić information content (AvgIpc) is 2.62. The van der Waals surface area contributed by atoms with E-state index in [1.54, 1.807) is 12.1 Å². The standard InChI is InChI=1S/C9H8N4O2/c10-7(14)9(15)11-8-5-3-1-2-4-6(5)12-13-8/h1-4H,(H2,10,14)(H2,11,12,13,15). The van der Waals surface area contributed by atoms with Gasteiger partial charge in [-0.1, -0.05) is 12.1 Å². The number of hydrogen-bond donors (Lipinski definition) is 3. The molecule has 4 N–H and O–H groups in total. The smallest absolute Gasteiger partial charge is 0.314 e. The summed E-state index contributed by atoms with van der Waals surface area (Å²) >= 11 is 0. The summed E-state index contributed by atoms with van der Waals surface area (Å²) in [6.45, 7) is 0. The SMILES string of the molecule is NC(=O)C(=O)Nc1n[nH]c2ccccc12. The number of aromatic amines is 1. The molecule has 0 aliphatic heterocycles. The van der Waals surface area contributed by atoms with Crippen molar-refractivity contribution in [3.8, 4) is 0 Å². The summed E-state index contributed by atoms with van der Waals surface area (Å²) in [7, 11) is 0. The maximum absolute atomic E-state index is 11.0. The fourth-order valence-corrected chi connectivity index (χ4v) is 1.23. The number of primary amides is 1. The van der Waals surface area contributed by atoms with Crippen LogP contribution in [0, 0.1) is 0 Å². The van der Waals surface area contributed by atoms with E-state index in [4.69, 9.17) is 5.73 Å². The fourth-order valence-electron chi connectivity index (χ4n) is 1.23. The van der Waals surface area contributed by atoms with E-state index in [-0.39, 0.29) is 0 Å². The number of H-pyrrole nitrogens is 1. The lowest BCUT2D eigenvalue weighted by atomic mass is 10.2. The number of rotatable bonds is 1. The van der Waals surface area contributed by atoms with E-state index in [1.807, 2.05) is 12.1 Å². The first-order valence-corrected chi connectivity index (χ1v) is 4.22. The van der Waals surface area contributed by atoms with Gasteiger partial charge >= 0.3 is 11.8 Å². The number of aromatic nitrogens is 2. The summed E-state index contributed by atoms with van der Waals surface area (Å²) in [6.07, 6.45) is 0. The van der Waals surface area contributed by atoms with Crippen molar-refractivity contribution in [3.63, 3.8) is 0 Å². The van der Waals surface area contributed by atoms with Crippen LogP contribution in [0.25, 0.3) is 10.9 Å². The van der Waals surface area contributed by atoms with E-state index in [0.29, 0.717) is 5.82 Å². The molecule has 0 saturated carbocycles. The van der Waals surface area contributed by atoms with E-state index in [9.17, 15) is 9.59 Å². The molecule has 15 heavy (non-hydrogen) atoms. The van der Waals surface area contributed by atoms with Gasteiger partial charge in [0.25, 0.3) is 0 Å². The second-order valence-corrected chi connectivity index (χ2v) is 2.94. The minimum atomic E-state index is -1.04. The van der Waals surface area contributed by atoms with E-state index in [0.717, 1.165) is 10.9 Å². The molecule has 0 bridgehead atoms. The van der Waals surface area contributed by atoms with Gasteiger partial charge in [-0.2, -0.15) is 5.10 Å². The molecule has 0 unspecified atom stereocenters. The zero-order chi connectivity index (χ0) is 10.8. The van der Waals surface area contributed by atoms with Crippen molar-refractivity contribution in [3.05, 3.63) is 24.3 Å². The van der Waals surface area contributed by atoms with Crippen LogP contribution in [0.4, 0.5) is 5.82 Å². The minimum Gasteiger partial charge on any atom is -0.361 e. The van der Waals surface area contributed by atoms with Gasteiger partial charge in [0.05, 0.1) is 5.52 Å². The summed E-state index contributed by atoms with van der Waals surface area (Å²) < 4.78 is 0. The Morgan fingerprint density at radius 2 is 2.07 bits per heavy atom. The first kappa shape index (κ1) is 9.20. The first-order valence-electron chi connectivity index (χ1n) is 4.22. The average molecular weight is 204 g/mol. The normalized spacial score (nSPS) is 10.1. The second-order valence-electron chi connectivity index (χ2n) is 2.94. The Kier molecular flexibility index (Phi) is 2.09. The third-order valence-corrected chi connectivity index (χ3v) is 1.93. The molecule has 2 rings (SSSR count). The molecule has 6 nitrogen and oxygen atoms in total. The molecule has 2 aromatic rings. The molecule has 0 radical (unpaired) electrons. The molecule has 0 aliphatic rings. The summed E-state index contributed by atoms with van der Waals surface area (Å²) in [4.78, 5) is 21.5. The quantitative estimate of drug-likeness (QED) is 0.569. The maximum Gasteiger partial charge on any atom is 0.314 e. The van der Waals surface area contributed by atoms with E-state index < -0.39 is 11.8 Å². The third-order valence-electron chi connectivity index (χ3n) is 1.93. The Balaban J connectivity index is 2.37. The first-order chi connectivity index (χ1) is 7.18. The summed E-state index contributed by atoms with van der Waals surface area (Å²) in [5.74, 6) is -1.62. The number of carbonyl (C=O) groups excluding carboxylic acids is 2. The Labute approximate surface area is 84.5 Å². The molecule has 1 heterocycles. The van der Waals surface area contributed by atoms with Crippen LogP contribution < -0.4 is 11.1 Å². The molecule has 0 aliphatic carbocycles. The lowest BCUT2D eigenvalue weighted by Gasteiger charge is -1.97. The molecular weight excluding hydrogens is 196 g/mol. The van der Waals surface area contributed by atoms with Crippen molar-refractivity contribution in [1.29, 1.82) is 0 Å². The van der Waals surface area contributed by atoms with Gasteiger partial charge in [0.15, 0.2) is 5.82 Å². The highest BCUT2D eigenvalue weighted by molar-refractivity contribution is 6.39. The lowest BCUT2D eigenvalue weighted by molar-refractivity contribution is -0.134. The monoisotopic (exact) mass is 204 g/mol. The zero-order valence-corrected chi connectivity index (χ0v) is 7.65. The Morgan fingerprint density at radius 1 is 1.33 bits per heavy atom. The fraction of sp³-hybridized carbons (Fsp3) is 0. The minimum absolute atomic E-state index is 0.300. The van der Waals surface area contributed by atoms with Crippen molar-refractivity contribution in [2.75, 3.05) is 5.32 Å². The summed E-state index contributed by atoms with van der Waals surface area (Å²) in [5.41, 5.74) is 5.58. The van der Waals surface area contributed by atoms with Crippen LogP contribution in [-0.4, -0.2) is 22.0 Å². The van der Waals surface area contributed by atoms with Gasteiger partial charge in [0, 0.05) is 5.39 Å². The van der Waals surface area contributed by atoms with Gasteiger partial charge in [0.1, 0.15) is 0 Å². The number of benzene rings is 1. The number of carbonyl (C=O) groups is 2. The van der Waals surface area contributed by atoms with Gasteiger partial charge in [0.2, 0.25) is 0 Å². The van der Waals surface area contributed by atoms with Gasteiger partial charge < -0.3 is 11.1 Å². The molecule has 0 spiro atoms. The molecule has 0 atom stereocenters. The van der Waals surface area contributed by atoms with E-state index >= 15 is 0 Å². The van der Waals surface area contributed by atoms with Crippen LogP contribution in [-0.2, 0) is 9.59 Å². The van der Waals surface area contributed by atoms with Crippen molar-refractivity contribution in [2.45, 2.75) is 0 Å². The van der Waals surface area contributed by atoms with Gasteiger partial charge in [-0.05, 0) is 12.1 Å². The van der Waals surface area contributed by atoms with E-state index in [2.05, 4.69) is 15.5 Å². The molecule has 76 valence electrons.